The lowest BCUT2D eigenvalue weighted by Crippen LogP contribution is -2.25. The lowest BCUT2D eigenvalue weighted by molar-refractivity contribution is 0.574. The molecule has 0 amide bonds. The van der Waals surface area contributed by atoms with Crippen molar-refractivity contribution in [2.75, 3.05) is 11.0 Å². The van der Waals surface area contributed by atoms with E-state index < -0.39 is 10.0 Å². The fraction of sp³-hybridized carbons (Fsp3) is 0.571. The summed E-state index contributed by atoms with van der Waals surface area (Å²) in [4.78, 5) is 0. The molecule has 5 nitrogen and oxygen atoms in total. The van der Waals surface area contributed by atoms with Gasteiger partial charge >= 0.3 is 0 Å². The van der Waals surface area contributed by atoms with Crippen molar-refractivity contribution in [3.63, 3.8) is 0 Å². The smallest absolute Gasteiger partial charge is 0.257 e. The molecule has 1 aromatic heterocycles. The van der Waals surface area contributed by atoms with Crippen LogP contribution in [-0.4, -0.2) is 29.6 Å². The zero-order valence-corrected chi connectivity index (χ0v) is 10.5. The van der Waals surface area contributed by atoms with Crippen LogP contribution in [-0.2, 0) is 10.0 Å². The van der Waals surface area contributed by atoms with Crippen molar-refractivity contribution in [1.29, 1.82) is 0 Å². The molecule has 0 aliphatic carbocycles. The Morgan fingerprint density at radius 3 is 2.86 bits per heavy atom. The fourth-order valence-electron chi connectivity index (χ4n) is 0.897. The number of unbranched alkanes of at least 4 members (excludes halogenated alkanes) is 1. The minimum Gasteiger partial charge on any atom is -0.266 e. The molecule has 0 spiro atoms. The lowest BCUT2D eigenvalue weighted by atomic mass is 10.3. The third-order valence-corrected chi connectivity index (χ3v) is 3.77. The summed E-state index contributed by atoms with van der Waals surface area (Å²) >= 11 is 2.27. The van der Waals surface area contributed by atoms with E-state index in [-0.39, 0.29) is 5.03 Å². The van der Waals surface area contributed by atoms with E-state index in [0.29, 0.717) is 6.54 Å². The van der Waals surface area contributed by atoms with Gasteiger partial charge in [-0.15, -0.1) is 0 Å². The van der Waals surface area contributed by atoms with Gasteiger partial charge in [0.25, 0.3) is 10.0 Å². The molecular weight excluding hydrogens is 317 g/mol. The number of aromatic nitrogens is 2. The molecule has 80 valence electrons. The number of nitrogens with one attached hydrogen (secondary N) is 2. The highest BCUT2D eigenvalue weighted by Gasteiger charge is 2.13. The Bertz CT molecular complexity index is 349. The number of hydrogen-bond donors (Lipinski definition) is 2. The molecule has 0 saturated heterocycles. The highest BCUT2D eigenvalue weighted by Crippen LogP contribution is 2.02. The van der Waals surface area contributed by atoms with Crippen molar-refractivity contribution in [2.45, 2.75) is 17.9 Å². The van der Waals surface area contributed by atoms with E-state index in [1.807, 2.05) is 0 Å². The molecule has 14 heavy (non-hydrogen) atoms. The molecule has 0 bridgehead atoms. The predicted octanol–water partition coefficient (Wildman–Crippen LogP) is 0.903. The van der Waals surface area contributed by atoms with Gasteiger partial charge in [0, 0.05) is 6.54 Å². The van der Waals surface area contributed by atoms with Gasteiger partial charge in [0.05, 0.1) is 6.20 Å². The third-order valence-electron chi connectivity index (χ3n) is 1.62. The van der Waals surface area contributed by atoms with E-state index in [2.05, 4.69) is 37.5 Å². The van der Waals surface area contributed by atoms with Crippen molar-refractivity contribution in [3.8, 4) is 0 Å². The SMILES string of the molecule is O=S(=O)(NCCCCI)c1ccn[nH]1. The topological polar surface area (TPSA) is 74.8 Å². The quantitative estimate of drug-likeness (QED) is 0.463. The predicted molar refractivity (Wildman–Crippen MR) is 61.9 cm³/mol. The van der Waals surface area contributed by atoms with Crippen LogP contribution < -0.4 is 4.72 Å². The first kappa shape index (κ1) is 11.9. The first-order chi connectivity index (χ1) is 6.67. The van der Waals surface area contributed by atoms with Gasteiger partial charge in [-0.1, -0.05) is 22.6 Å². The third kappa shape index (κ3) is 3.54. The van der Waals surface area contributed by atoms with Crippen molar-refractivity contribution in [2.24, 2.45) is 0 Å². The standard InChI is InChI=1S/C7H12IN3O2S/c8-4-1-2-5-10-14(12,13)7-3-6-9-11-7/h3,6,10H,1-2,4-5H2,(H,9,11). The molecule has 0 aliphatic heterocycles. The van der Waals surface area contributed by atoms with Crippen LogP contribution in [0.5, 0.6) is 0 Å². The highest BCUT2D eigenvalue weighted by atomic mass is 127. The van der Waals surface area contributed by atoms with Crippen LogP contribution in [0.25, 0.3) is 0 Å². The van der Waals surface area contributed by atoms with Gasteiger partial charge in [0.1, 0.15) is 0 Å². The molecule has 1 aromatic rings. The summed E-state index contributed by atoms with van der Waals surface area (Å²) in [6.07, 6.45) is 3.29. The second kappa shape index (κ2) is 5.66. The molecule has 0 aliphatic rings. The number of rotatable bonds is 6. The summed E-state index contributed by atoms with van der Waals surface area (Å²) in [5, 5.41) is 6.12. The zero-order valence-electron chi connectivity index (χ0n) is 7.53. The van der Waals surface area contributed by atoms with Gasteiger partial charge in [-0.2, -0.15) is 5.10 Å². The van der Waals surface area contributed by atoms with E-state index in [9.17, 15) is 8.42 Å². The Kier molecular flexibility index (Phi) is 4.82. The Labute approximate surface area is 96.9 Å². The van der Waals surface area contributed by atoms with E-state index in [0.717, 1.165) is 17.3 Å². The number of alkyl halides is 1. The van der Waals surface area contributed by atoms with Crippen molar-refractivity contribution < 1.29 is 8.42 Å². The van der Waals surface area contributed by atoms with E-state index in [1.165, 1.54) is 12.3 Å². The number of hydrogen-bond acceptors (Lipinski definition) is 3. The Balaban J connectivity index is 2.44. The van der Waals surface area contributed by atoms with Gasteiger partial charge in [0.2, 0.25) is 0 Å². The van der Waals surface area contributed by atoms with Crippen LogP contribution in [0.3, 0.4) is 0 Å². The normalized spacial score (nSPS) is 11.8. The molecular formula is C7H12IN3O2S. The van der Waals surface area contributed by atoms with E-state index in [4.69, 9.17) is 0 Å². The molecule has 0 radical (unpaired) electrons. The molecule has 7 heteroatoms. The van der Waals surface area contributed by atoms with Crippen LogP contribution in [0.1, 0.15) is 12.8 Å². The summed E-state index contributed by atoms with van der Waals surface area (Å²) in [6.45, 7) is 0.477. The average Bonchev–Trinajstić information content (AvgIpc) is 2.65. The molecule has 0 fully saturated rings. The first-order valence-corrected chi connectivity index (χ1v) is 7.22. The summed E-state index contributed by atoms with van der Waals surface area (Å²) in [5.74, 6) is 0. The molecule has 2 N–H and O–H groups in total. The maximum absolute atomic E-state index is 11.5. The number of H-pyrrole nitrogens is 1. The first-order valence-electron chi connectivity index (χ1n) is 4.22. The summed E-state index contributed by atoms with van der Waals surface area (Å²) in [7, 11) is -3.37. The molecule has 1 rings (SSSR count). The molecule has 1 heterocycles. The number of halogens is 1. The van der Waals surface area contributed by atoms with Crippen LogP contribution >= 0.6 is 22.6 Å². The lowest BCUT2D eigenvalue weighted by Gasteiger charge is -2.02. The number of sulfonamides is 1. The van der Waals surface area contributed by atoms with Crippen LogP contribution in [0.2, 0.25) is 0 Å². The van der Waals surface area contributed by atoms with Crippen LogP contribution in [0, 0.1) is 0 Å². The van der Waals surface area contributed by atoms with E-state index in [1.54, 1.807) is 0 Å². The zero-order chi connectivity index (χ0) is 10.4. The highest BCUT2D eigenvalue weighted by molar-refractivity contribution is 14.1. The minimum absolute atomic E-state index is 0.118. The Morgan fingerprint density at radius 1 is 1.50 bits per heavy atom. The second-order valence-electron chi connectivity index (χ2n) is 2.71. The summed E-state index contributed by atoms with van der Waals surface area (Å²) < 4.78 is 26.5. The molecule has 0 atom stereocenters. The van der Waals surface area contributed by atoms with Gasteiger partial charge < -0.3 is 0 Å². The second-order valence-corrected chi connectivity index (χ2v) is 5.53. The number of aromatic amines is 1. The molecule has 0 unspecified atom stereocenters. The molecule has 0 saturated carbocycles. The minimum atomic E-state index is -3.37. The summed E-state index contributed by atoms with van der Waals surface area (Å²) in [6, 6.07) is 1.43. The maximum atomic E-state index is 11.5. The monoisotopic (exact) mass is 329 g/mol. The van der Waals surface area contributed by atoms with Crippen molar-refractivity contribution >= 4 is 32.6 Å². The van der Waals surface area contributed by atoms with Crippen LogP contribution in [0.4, 0.5) is 0 Å². The van der Waals surface area contributed by atoms with Gasteiger partial charge in [-0.3, -0.25) is 5.10 Å². The van der Waals surface area contributed by atoms with Gasteiger partial charge in [0.15, 0.2) is 5.03 Å². The van der Waals surface area contributed by atoms with Crippen LogP contribution in [0.15, 0.2) is 17.3 Å². The summed E-state index contributed by atoms with van der Waals surface area (Å²) in [5.41, 5.74) is 0. The van der Waals surface area contributed by atoms with Crippen molar-refractivity contribution in [1.82, 2.24) is 14.9 Å². The average molecular weight is 329 g/mol. The van der Waals surface area contributed by atoms with Crippen molar-refractivity contribution in [3.05, 3.63) is 12.3 Å². The van der Waals surface area contributed by atoms with E-state index >= 15 is 0 Å². The Hall–Kier alpha value is -0.150. The largest absolute Gasteiger partial charge is 0.266 e. The van der Waals surface area contributed by atoms with Gasteiger partial charge in [-0.05, 0) is 23.3 Å². The number of nitrogens with zero attached hydrogens (tertiary/aromatic N) is 1. The Morgan fingerprint density at radius 2 is 2.29 bits per heavy atom. The fourth-order valence-corrected chi connectivity index (χ4v) is 2.42. The van der Waals surface area contributed by atoms with Gasteiger partial charge in [-0.25, -0.2) is 13.1 Å². The molecule has 0 aromatic carbocycles. The maximum Gasteiger partial charge on any atom is 0.257 e.